The number of alkyl halides is 3. The molecule has 2 aliphatic rings. The fourth-order valence-corrected chi connectivity index (χ4v) is 2.97. The number of halogens is 3. The summed E-state index contributed by atoms with van der Waals surface area (Å²) < 4.78 is 38.0. The van der Waals surface area contributed by atoms with Crippen molar-refractivity contribution in [1.29, 1.82) is 0 Å². The molecule has 21 heavy (non-hydrogen) atoms. The van der Waals surface area contributed by atoms with Crippen LogP contribution in [0.1, 0.15) is 12.7 Å². The van der Waals surface area contributed by atoms with Crippen LogP contribution in [0.15, 0.2) is 12.3 Å². The zero-order chi connectivity index (χ0) is 15.0. The Balaban J connectivity index is 1.69. The molecule has 3 heterocycles. The quantitative estimate of drug-likeness (QED) is 0.882. The largest absolute Gasteiger partial charge is 0.451 e. The number of nitrogens with zero attached hydrogens (tertiary/aromatic N) is 4. The second-order valence-corrected chi connectivity index (χ2v) is 5.48. The average molecular weight is 301 g/mol. The molecule has 1 aromatic rings. The molecule has 2 fully saturated rings. The fourth-order valence-electron chi connectivity index (χ4n) is 2.97. The Labute approximate surface area is 121 Å². The summed E-state index contributed by atoms with van der Waals surface area (Å²) >= 11 is 0. The molecule has 0 radical (unpaired) electrons. The van der Waals surface area contributed by atoms with Crippen LogP contribution >= 0.6 is 0 Å². The third-order valence-electron chi connectivity index (χ3n) is 4.24. The highest BCUT2D eigenvalue weighted by Crippen LogP contribution is 2.31. The molecular weight excluding hydrogens is 283 g/mol. The molecule has 2 atom stereocenters. The van der Waals surface area contributed by atoms with Crippen molar-refractivity contribution in [2.45, 2.75) is 25.2 Å². The average Bonchev–Trinajstić information content (AvgIpc) is 2.46. The van der Waals surface area contributed by atoms with Crippen molar-refractivity contribution in [1.82, 2.24) is 20.2 Å². The maximum atomic E-state index is 12.7. The molecule has 0 aliphatic carbocycles. The maximum Gasteiger partial charge on any atom is 0.451 e. The molecule has 3 rings (SSSR count). The van der Waals surface area contributed by atoms with Crippen LogP contribution in [0, 0.1) is 0 Å². The lowest BCUT2D eigenvalue weighted by Gasteiger charge is -2.52. The molecule has 0 aromatic carbocycles. The molecule has 2 aliphatic heterocycles. The Kier molecular flexibility index (Phi) is 3.75. The van der Waals surface area contributed by atoms with Crippen molar-refractivity contribution < 1.29 is 13.2 Å². The smallest absolute Gasteiger partial charge is 0.351 e. The van der Waals surface area contributed by atoms with Crippen LogP contribution in [-0.2, 0) is 6.18 Å². The van der Waals surface area contributed by atoms with Gasteiger partial charge in [0.15, 0.2) is 0 Å². The van der Waals surface area contributed by atoms with E-state index in [1.165, 1.54) is 6.20 Å². The molecule has 5 nitrogen and oxygen atoms in total. The van der Waals surface area contributed by atoms with E-state index in [4.69, 9.17) is 0 Å². The highest BCUT2D eigenvalue weighted by Gasteiger charge is 2.41. The summed E-state index contributed by atoms with van der Waals surface area (Å²) in [5.41, 5.74) is 0. The van der Waals surface area contributed by atoms with Gasteiger partial charge in [-0.15, -0.1) is 0 Å². The van der Waals surface area contributed by atoms with E-state index in [-0.39, 0.29) is 6.04 Å². The summed E-state index contributed by atoms with van der Waals surface area (Å²) in [5, 5.41) is 3.30. The minimum Gasteiger partial charge on any atom is -0.351 e. The number of piperazine rings is 1. The number of rotatable bonds is 2. The van der Waals surface area contributed by atoms with E-state index in [1.807, 2.05) is 11.8 Å². The number of aromatic nitrogens is 2. The molecule has 8 heteroatoms. The van der Waals surface area contributed by atoms with Gasteiger partial charge in [0, 0.05) is 51.0 Å². The number of hydrogen-bond acceptors (Lipinski definition) is 5. The highest BCUT2D eigenvalue weighted by atomic mass is 19.4. The first-order chi connectivity index (χ1) is 9.97. The lowest BCUT2D eigenvalue weighted by Crippen LogP contribution is -2.68. The predicted molar refractivity (Wildman–Crippen MR) is 72.1 cm³/mol. The first-order valence-corrected chi connectivity index (χ1v) is 7.08. The van der Waals surface area contributed by atoms with Crippen LogP contribution in [0.4, 0.5) is 19.0 Å². The van der Waals surface area contributed by atoms with Gasteiger partial charge in [0.2, 0.25) is 5.82 Å². The molecule has 2 saturated heterocycles. The molecule has 1 aromatic heterocycles. The van der Waals surface area contributed by atoms with Crippen molar-refractivity contribution in [3.05, 3.63) is 18.1 Å². The van der Waals surface area contributed by atoms with Gasteiger partial charge in [-0.25, -0.2) is 9.97 Å². The van der Waals surface area contributed by atoms with Gasteiger partial charge in [-0.05, 0) is 13.0 Å². The van der Waals surface area contributed by atoms with Gasteiger partial charge in [-0.3, -0.25) is 4.90 Å². The predicted octanol–water partition coefficient (Wildman–Crippen LogP) is 0.978. The Bertz CT molecular complexity index is 501. The molecule has 1 N–H and O–H groups in total. The Hall–Kier alpha value is -1.41. The highest BCUT2D eigenvalue weighted by molar-refractivity contribution is 5.44. The number of hydrogen-bond donors (Lipinski definition) is 1. The molecule has 0 spiro atoms. The van der Waals surface area contributed by atoms with E-state index in [1.54, 1.807) is 6.07 Å². The van der Waals surface area contributed by atoms with Gasteiger partial charge in [-0.1, -0.05) is 0 Å². The standard InChI is InChI=1S/C13H18F3N5/c1-9-10(20-6-4-17-5-7-20)8-21(9)11-2-3-18-12(19-11)13(14,15)16/h2-3,9-10,17H,4-8H2,1H3/t9-,10+/m0/s1. The topological polar surface area (TPSA) is 44.3 Å². The van der Waals surface area contributed by atoms with Crippen LogP contribution < -0.4 is 10.2 Å². The van der Waals surface area contributed by atoms with Crippen molar-refractivity contribution in [3.63, 3.8) is 0 Å². The van der Waals surface area contributed by atoms with Gasteiger partial charge >= 0.3 is 6.18 Å². The van der Waals surface area contributed by atoms with Gasteiger partial charge in [0.1, 0.15) is 5.82 Å². The summed E-state index contributed by atoms with van der Waals surface area (Å²) in [6, 6.07) is 2.09. The van der Waals surface area contributed by atoms with Gasteiger partial charge in [-0.2, -0.15) is 13.2 Å². The van der Waals surface area contributed by atoms with Gasteiger partial charge in [0.25, 0.3) is 0 Å². The van der Waals surface area contributed by atoms with E-state index < -0.39 is 12.0 Å². The van der Waals surface area contributed by atoms with Crippen LogP contribution in [-0.4, -0.2) is 59.7 Å². The van der Waals surface area contributed by atoms with Crippen LogP contribution in [0.3, 0.4) is 0 Å². The van der Waals surface area contributed by atoms with Crippen LogP contribution in [0.25, 0.3) is 0 Å². The second kappa shape index (κ2) is 5.42. The normalized spacial score (nSPS) is 27.5. The molecular formula is C13H18F3N5. The molecule has 0 saturated carbocycles. The zero-order valence-corrected chi connectivity index (χ0v) is 11.8. The maximum absolute atomic E-state index is 12.7. The lowest BCUT2D eigenvalue weighted by atomic mass is 9.95. The fraction of sp³-hybridized carbons (Fsp3) is 0.692. The summed E-state index contributed by atoms with van der Waals surface area (Å²) in [4.78, 5) is 11.3. The first kappa shape index (κ1) is 14.5. The summed E-state index contributed by atoms with van der Waals surface area (Å²) in [6.07, 6.45) is -3.32. The summed E-state index contributed by atoms with van der Waals surface area (Å²) in [6.45, 7) is 6.66. The van der Waals surface area contributed by atoms with E-state index in [9.17, 15) is 13.2 Å². The zero-order valence-electron chi connectivity index (χ0n) is 11.8. The first-order valence-electron chi connectivity index (χ1n) is 7.08. The Morgan fingerprint density at radius 2 is 2.00 bits per heavy atom. The van der Waals surface area contributed by atoms with Crippen LogP contribution in [0.2, 0.25) is 0 Å². The van der Waals surface area contributed by atoms with E-state index >= 15 is 0 Å². The van der Waals surface area contributed by atoms with Gasteiger partial charge in [0.05, 0.1) is 0 Å². The van der Waals surface area contributed by atoms with E-state index in [0.29, 0.717) is 11.9 Å². The van der Waals surface area contributed by atoms with Crippen molar-refractivity contribution in [3.8, 4) is 0 Å². The monoisotopic (exact) mass is 301 g/mol. The Morgan fingerprint density at radius 1 is 1.29 bits per heavy atom. The molecule has 0 unspecified atom stereocenters. The van der Waals surface area contributed by atoms with E-state index in [0.717, 1.165) is 32.7 Å². The van der Waals surface area contributed by atoms with Crippen molar-refractivity contribution in [2.75, 3.05) is 37.6 Å². The molecule has 0 amide bonds. The third-order valence-corrected chi connectivity index (χ3v) is 4.24. The van der Waals surface area contributed by atoms with Crippen molar-refractivity contribution in [2.24, 2.45) is 0 Å². The van der Waals surface area contributed by atoms with Crippen molar-refractivity contribution >= 4 is 5.82 Å². The third kappa shape index (κ3) is 2.82. The minimum absolute atomic E-state index is 0.166. The molecule has 116 valence electrons. The Morgan fingerprint density at radius 3 is 2.62 bits per heavy atom. The second-order valence-electron chi connectivity index (χ2n) is 5.48. The summed E-state index contributed by atoms with van der Waals surface area (Å²) in [5.74, 6) is -0.714. The number of nitrogens with one attached hydrogen (secondary N) is 1. The minimum atomic E-state index is -4.50. The lowest BCUT2D eigenvalue weighted by molar-refractivity contribution is -0.144. The van der Waals surface area contributed by atoms with E-state index in [2.05, 4.69) is 20.2 Å². The summed E-state index contributed by atoms with van der Waals surface area (Å²) in [7, 11) is 0. The molecule has 0 bridgehead atoms. The SMILES string of the molecule is C[C@H]1[C@H](N2CCNCC2)CN1c1ccnc(C(F)(F)F)n1. The number of anilines is 1. The van der Waals surface area contributed by atoms with Gasteiger partial charge < -0.3 is 10.2 Å². The van der Waals surface area contributed by atoms with Crippen LogP contribution in [0.5, 0.6) is 0 Å².